The van der Waals surface area contributed by atoms with Crippen LogP contribution in [0.15, 0.2) is 0 Å². The summed E-state index contributed by atoms with van der Waals surface area (Å²) >= 11 is 0. The number of nitrogens with one attached hydrogen (secondary N) is 1. The highest BCUT2D eigenvalue weighted by atomic mass is 15.3. The zero-order chi connectivity index (χ0) is 14.3. The molecule has 1 rings (SSSR count). The Morgan fingerprint density at radius 2 is 1.89 bits per heavy atom. The average molecular weight is 265 g/mol. The Kier molecular flexibility index (Phi) is 6.85. The molecule has 1 unspecified atom stereocenters. The van der Waals surface area contributed by atoms with Crippen molar-refractivity contribution in [2.45, 2.75) is 52.1 Å². The number of nitrogens with zero attached hydrogens (tertiary/aromatic N) is 2. The van der Waals surface area contributed by atoms with Gasteiger partial charge in [0, 0.05) is 32.2 Å². The standard InChI is InChI=1S/C16H31N3/c1-6-16(5,7-2)17-9-8-10-18-11-13-19(14-12-18)15(3)4/h1,15,17H,7-14H2,2-5H3. The summed E-state index contributed by atoms with van der Waals surface area (Å²) in [6.07, 6.45) is 7.72. The summed E-state index contributed by atoms with van der Waals surface area (Å²) in [4.78, 5) is 5.13. The molecular formula is C16H31N3. The van der Waals surface area contributed by atoms with Crippen molar-refractivity contribution in [3.8, 4) is 12.3 Å². The average Bonchev–Trinajstić information content (AvgIpc) is 2.44. The Hall–Kier alpha value is -0.560. The summed E-state index contributed by atoms with van der Waals surface area (Å²) in [7, 11) is 0. The van der Waals surface area contributed by atoms with Crippen LogP contribution in [0, 0.1) is 12.3 Å². The molecule has 1 atom stereocenters. The molecule has 0 bridgehead atoms. The van der Waals surface area contributed by atoms with E-state index in [1.807, 2.05) is 0 Å². The van der Waals surface area contributed by atoms with Crippen molar-refractivity contribution in [1.29, 1.82) is 0 Å². The van der Waals surface area contributed by atoms with Crippen LogP contribution in [-0.2, 0) is 0 Å². The molecule has 19 heavy (non-hydrogen) atoms. The van der Waals surface area contributed by atoms with E-state index >= 15 is 0 Å². The molecule has 1 heterocycles. The molecule has 0 amide bonds. The molecule has 0 radical (unpaired) electrons. The second-order valence-corrected chi connectivity index (χ2v) is 6.08. The van der Waals surface area contributed by atoms with Gasteiger partial charge in [0.15, 0.2) is 0 Å². The van der Waals surface area contributed by atoms with Gasteiger partial charge in [0.2, 0.25) is 0 Å². The van der Waals surface area contributed by atoms with Crippen molar-refractivity contribution in [3.63, 3.8) is 0 Å². The lowest BCUT2D eigenvalue weighted by Gasteiger charge is -2.37. The Morgan fingerprint density at radius 3 is 2.37 bits per heavy atom. The fourth-order valence-corrected chi connectivity index (χ4v) is 2.45. The molecule has 1 aliphatic heterocycles. The molecular weight excluding hydrogens is 234 g/mol. The lowest BCUT2D eigenvalue weighted by atomic mass is 10.0. The van der Waals surface area contributed by atoms with Gasteiger partial charge in [-0.25, -0.2) is 0 Å². The monoisotopic (exact) mass is 265 g/mol. The quantitative estimate of drug-likeness (QED) is 0.559. The normalized spacial score (nSPS) is 21.3. The minimum absolute atomic E-state index is 0.129. The maximum absolute atomic E-state index is 5.56. The Balaban J connectivity index is 2.13. The van der Waals surface area contributed by atoms with Gasteiger partial charge in [-0.3, -0.25) is 4.90 Å². The first-order chi connectivity index (χ1) is 9.00. The first-order valence-electron chi connectivity index (χ1n) is 7.70. The van der Waals surface area contributed by atoms with Gasteiger partial charge >= 0.3 is 0 Å². The molecule has 3 heteroatoms. The van der Waals surface area contributed by atoms with Gasteiger partial charge in [-0.15, -0.1) is 6.42 Å². The van der Waals surface area contributed by atoms with Crippen molar-refractivity contribution < 1.29 is 0 Å². The summed E-state index contributed by atoms with van der Waals surface area (Å²) in [6.45, 7) is 15.8. The molecule has 0 aromatic rings. The third-order valence-electron chi connectivity index (χ3n) is 4.33. The van der Waals surface area contributed by atoms with E-state index in [2.05, 4.69) is 48.7 Å². The summed E-state index contributed by atoms with van der Waals surface area (Å²) in [5, 5.41) is 3.49. The molecule has 0 aliphatic carbocycles. The lowest BCUT2D eigenvalue weighted by Crippen LogP contribution is -2.49. The van der Waals surface area contributed by atoms with Crippen molar-refractivity contribution in [2.75, 3.05) is 39.3 Å². The second-order valence-electron chi connectivity index (χ2n) is 6.08. The van der Waals surface area contributed by atoms with Crippen LogP contribution in [0.4, 0.5) is 0 Å². The highest BCUT2D eigenvalue weighted by molar-refractivity contribution is 5.09. The van der Waals surface area contributed by atoms with Crippen LogP contribution < -0.4 is 5.32 Å². The first kappa shape index (κ1) is 16.5. The topological polar surface area (TPSA) is 18.5 Å². The molecule has 0 spiro atoms. The third-order valence-corrected chi connectivity index (χ3v) is 4.33. The predicted molar refractivity (Wildman–Crippen MR) is 83.3 cm³/mol. The second kappa shape index (κ2) is 7.89. The van der Waals surface area contributed by atoms with Crippen molar-refractivity contribution in [2.24, 2.45) is 0 Å². The van der Waals surface area contributed by atoms with Crippen LogP contribution >= 0.6 is 0 Å². The van der Waals surface area contributed by atoms with E-state index < -0.39 is 0 Å². The van der Waals surface area contributed by atoms with Crippen molar-refractivity contribution >= 4 is 0 Å². The highest BCUT2D eigenvalue weighted by Gasteiger charge is 2.19. The van der Waals surface area contributed by atoms with Crippen LogP contribution in [0.3, 0.4) is 0 Å². The first-order valence-corrected chi connectivity index (χ1v) is 7.70. The maximum Gasteiger partial charge on any atom is 0.0767 e. The number of terminal acetylenes is 1. The summed E-state index contributed by atoms with van der Waals surface area (Å²) in [5.41, 5.74) is -0.129. The summed E-state index contributed by atoms with van der Waals surface area (Å²) < 4.78 is 0. The zero-order valence-electron chi connectivity index (χ0n) is 13.2. The number of hydrogen-bond acceptors (Lipinski definition) is 3. The molecule has 0 saturated carbocycles. The van der Waals surface area contributed by atoms with Gasteiger partial charge in [-0.2, -0.15) is 0 Å². The maximum atomic E-state index is 5.56. The van der Waals surface area contributed by atoms with Crippen LogP contribution in [0.2, 0.25) is 0 Å². The molecule has 1 N–H and O–H groups in total. The molecule has 1 aliphatic rings. The van der Waals surface area contributed by atoms with E-state index in [0.717, 1.165) is 13.0 Å². The fourth-order valence-electron chi connectivity index (χ4n) is 2.45. The van der Waals surface area contributed by atoms with Gasteiger partial charge in [0.25, 0.3) is 0 Å². The van der Waals surface area contributed by atoms with E-state index in [9.17, 15) is 0 Å². The lowest BCUT2D eigenvalue weighted by molar-refractivity contribution is 0.107. The Labute approximate surface area is 119 Å². The van der Waals surface area contributed by atoms with E-state index in [-0.39, 0.29) is 5.54 Å². The van der Waals surface area contributed by atoms with Gasteiger partial charge < -0.3 is 10.2 Å². The minimum atomic E-state index is -0.129. The van der Waals surface area contributed by atoms with Gasteiger partial charge in [-0.05, 0) is 46.7 Å². The predicted octanol–water partition coefficient (Wildman–Crippen LogP) is 1.79. The number of piperazine rings is 1. The third kappa shape index (κ3) is 5.52. The van der Waals surface area contributed by atoms with E-state index in [1.165, 1.54) is 39.1 Å². The molecule has 3 nitrogen and oxygen atoms in total. The summed E-state index contributed by atoms with van der Waals surface area (Å²) in [6, 6.07) is 0.685. The van der Waals surface area contributed by atoms with Crippen molar-refractivity contribution in [3.05, 3.63) is 0 Å². The zero-order valence-corrected chi connectivity index (χ0v) is 13.2. The molecule has 110 valence electrons. The SMILES string of the molecule is C#CC(C)(CC)NCCCN1CCN(C(C)C)CC1. The van der Waals surface area contributed by atoms with Gasteiger partial charge in [-0.1, -0.05) is 12.8 Å². The minimum Gasteiger partial charge on any atom is -0.301 e. The molecule has 0 aromatic carbocycles. The van der Waals surface area contributed by atoms with Crippen molar-refractivity contribution in [1.82, 2.24) is 15.1 Å². The van der Waals surface area contributed by atoms with E-state index in [0.29, 0.717) is 6.04 Å². The van der Waals surface area contributed by atoms with E-state index in [4.69, 9.17) is 6.42 Å². The molecule has 1 fully saturated rings. The molecule has 1 saturated heterocycles. The molecule has 0 aromatic heterocycles. The summed E-state index contributed by atoms with van der Waals surface area (Å²) in [5.74, 6) is 2.85. The Morgan fingerprint density at radius 1 is 1.26 bits per heavy atom. The van der Waals surface area contributed by atoms with Gasteiger partial charge in [0.05, 0.1) is 5.54 Å². The van der Waals surface area contributed by atoms with Gasteiger partial charge in [0.1, 0.15) is 0 Å². The fraction of sp³-hybridized carbons (Fsp3) is 0.875. The van der Waals surface area contributed by atoms with Crippen LogP contribution in [0.5, 0.6) is 0 Å². The number of rotatable bonds is 7. The highest BCUT2D eigenvalue weighted by Crippen LogP contribution is 2.08. The van der Waals surface area contributed by atoms with Crippen LogP contribution in [0.1, 0.15) is 40.5 Å². The number of hydrogen-bond donors (Lipinski definition) is 1. The largest absolute Gasteiger partial charge is 0.301 e. The van der Waals surface area contributed by atoms with Crippen LogP contribution in [0.25, 0.3) is 0 Å². The Bertz CT molecular complexity index is 287. The van der Waals surface area contributed by atoms with Crippen LogP contribution in [-0.4, -0.2) is 60.6 Å². The smallest absolute Gasteiger partial charge is 0.0767 e. The van der Waals surface area contributed by atoms with E-state index in [1.54, 1.807) is 0 Å².